The van der Waals surface area contributed by atoms with E-state index in [1.54, 1.807) is 18.4 Å². The Morgan fingerprint density at radius 3 is 2.76 bits per heavy atom. The Balaban J connectivity index is 1.93. The van der Waals surface area contributed by atoms with Crippen LogP contribution in [0.1, 0.15) is 23.7 Å². The van der Waals surface area contributed by atoms with Crippen molar-refractivity contribution >= 4 is 22.1 Å². The number of aryl methyl sites for hydroxylation is 1. The standard InChI is InChI=1S/C18H18O2S/c1-20-17-9-7-14-4-2-3-5-15(14)18(17)16(19)8-6-13-10-11-21-12-13/h2-5,7,9-12,16,19H,6,8H2,1H3. The van der Waals surface area contributed by atoms with Gasteiger partial charge < -0.3 is 9.84 Å². The number of fused-ring (bicyclic) bond motifs is 1. The zero-order valence-electron chi connectivity index (χ0n) is 12.0. The lowest BCUT2D eigenvalue weighted by Gasteiger charge is -2.17. The minimum atomic E-state index is -0.522. The summed E-state index contributed by atoms with van der Waals surface area (Å²) in [5.74, 6) is 0.756. The van der Waals surface area contributed by atoms with E-state index < -0.39 is 6.10 Å². The van der Waals surface area contributed by atoms with Crippen LogP contribution in [0.3, 0.4) is 0 Å². The van der Waals surface area contributed by atoms with Crippen molar-refractivity contribution in [3.8, 4) is 5.75 Å². The molecule has 0 aliphatic carbocycles. The Kier molecular flexibility index (Phi) is 4.23. The van der Waals surface area contributed by atoms with Crippen LogP contribution in [0.4, 0.5) is 0 Å². The molecule has 3 rings (SSSR count). The van der Waals surface area contributed by atoms with Gasteiger partial charge in [0.1, 0.15) is 5.75 Å². The van der Waals surface area contributed by atoms with E-state index in [0.717, 1.165) is 28.5 Å². The fourth-order valence-corrected chi connectivity index (χ4v) is 3.38. The minimum absolute atomic E-state index is 0.522. The fourth-order valence-electron chi connectivity index (χ4n) is 2.68. The van der Waals surface area contributed by atoms with Gasteiger partial charge in [0.2, 0.25) is 0 Å². The molecule has 0 saturated heterocycles. The van der Waals surface area contributed by atoms with Crippen LogP contribution in [0.2, 0.25) is 0 Å². The van der Waals surface area contributed by atoms with Gasteiger partial charge in [0.05, 0.1) is 13.2 Å². The second-order valence-electron chi connectivity index (χ2n) is 5.09. The summed E-state index contributed by atoms with van der Waals surface area (Å²) in [5, 5.41) is 17.0. The molecular formula is C18H18O2S. The van der Waals surface area contributed by atoms with Crippen molar-refractivity contribution in [2.24, 2.45) is 0 Å². The summed E-state index contributed by atoms with van der Waals surface area (Å²) >= 11 is 1.69. The van der Waals surface area contributed by atoms with Crippen molar-refractivity contribution in [3.05, 3.63) is 64.4 Å². The second-order valence-corrected chi connectivity index (χ2v) is 5.87. The number of ether oxygens (including phenoxy) is 1. The van der Waals surface area contributed by atoms with E-state index >= 15 is 0 Å². The molecule has 0 radical (unpaired) electrons. The van der Waals surface area contributed by atoms with Gasteiger partial charge in [-0.3, -0.25) is 0 Å². The topological polar surface area (TPSA) is 29.5 Å². The molecule has 108 valence electrons. The maximum absolute atomic E-state index is 10.7. The lowest BCUT2D eigenvalue weighted by atomic mass is 9.96. The van der Waals surface area contributed by atoms with Gasteiger partial charge in [0.15, 0.2) is 0 Å². The number of methoxy groups -OCH3 is 1. The zero-order chi connectivity index (χ0) is 14.7. The van der Waals surface area contributed by atoms with Crippen LogP contribution in [0.15, 0.2) is 53.2 Å². The third kappa shape index (κ3) is 2.94. The van der Waals surface area contributed by atoms with Crippen molar-refractivity contribution in [1.82, 2.24) is 0 Å². The molecule has 0 fully saturated rings. The number of hydrogen-bond donors (Lipinski definition) is 1. The summed E-state index contributed by atoms with van der Waals surface area (Å²) in [5.41, 5.74) is 2.17. The summed E-state index contributed by atoms with van der Waals surface area (Å²) in [6.45, 7) is 0. The highest BCUT2D eigenvalue weighted by molar-refractivity contribution is 7.07. The molecule has 21 heavy (non-hydrogen) atoms. The Morgan fingerprint density at radius 2 is 2.00 bits per heavy atom. The number of thiophene rings is 1. The maximum Gasteiger partial charge on any atom is 0.125 e. The van der Waals surface area contributed by atoms with Crippen LogP contribution in [0.25, 0.3) is 10.8 Å². The van der Waals surface area contributed by atoms with Crippen molar-refractivity contribution < 1.29 is 9.84 Å². The summed E-state index contributed by atoms with van der Waals surface area (Å²) in [7, 11) is 1.65. The molecule has 0 bridgehead atoms. The highest BCUT2D eigenvalue weighted by Gasteiger charge is 2.16. The molecular weight excluding hydrogens is 280 g/mol. The summed E-state index contributed by atoms with van der Waals surface area (Å²) in [4.78, 5) is 0. The van der Waals surface area contributed by atoms with E-state index in [4.69, 9.17) is 4.74 Å². The SMILES string of the molecule is COc1ccc2ccccc2c1C(O)CCc1ccsc1. The highest BCUT2D eigenvalue weighted by atomic mass is 32.1. The van der Waals surface area contributed by atoms with Crippen molar-refractivity contribution in [1.29, 1.82) is 0 Å². The molecule has 2 nitrogen and oxygen atoms in total. The van der Waals surface area contributed by atoms with E-state index in [2.05, 4.69) is 22.9 Å². The number of benzene rings is 2. The van der Waals surface area contributed by atoms with Gasteiger partial charge in [-0.1, -0.05) is 30.3 Å². The van der Waals surface area contributed by atoms with E-state index in [1.165, 1.54) is 5.56 Å². The first kappa shape index (κ1) is 14.1. The molecule has 1 atom stereocenters. The molecule has 0 aliphatic rings. The first-order valence-electron chi connectivity index (χ1n) is 7.04. The van der Waals surface area contributed by atoms with Gasteiger partial charge in [0.25, 0.3) is 0 Å². The Hall–Kier alpha value is -1.84. The van der Waals surface area contributed by atoms with Crippen LogP contribution in [0.5, 0.6) is 5.75 Å². The Labute approximate surface area is 128 Å². The van der Waals surface area contributed by atoms with Gasteiger partial charge in [-0.25, -0.2) is 0 Å². The molecule has 0 amide bonds. The molecule has 1 unspecified atom stereocenters. The number of rotatable bonds is 5. The summed E-state index contributed by atoms with van der Waals surface area (Å²) in [6, 6.07) is 14.2. The van der Waals surface area contributed by atoms with Crippen LogP contribution >= 0.6 is 11.3 Å². The summed E-state index contributed by atoms with van der Waals surface area (Å²) < 4.78 is 5.45. The van der Waals surface area contributed by atoms with Gasteiger partial charge >= 0.3 is 0 Å². The third-order valence-corrected chi connectivity index (χ3v) is 4.50. The molecule has 1 heterocycles. The molecule has 0 spiro atoms. The molecule has 1 aromatic heterocycles. The number of hydrogen-bond acceptors (Lipinski definition) is 3. The molecule has 0 saturated carbocycles. The Bertz CT molecular complexity index is 719. The average Bonchev–Trinajstić information content (AvgIpc) is 3.04. The van der Waals surface area contributed by atoms with Crippen LogP contribution in [-0.2, 0) is 6.42 Å². The van der Waals surface area contributed by atoms with Crippen LogP contribution in [0, 0.1) is 0 Å². The largest absolute Gasteiger partial charge is 0.496 e. The predicted molar refractivity (Wildman–Crippen MR) is 88.1 cm³/mol. The monoisotopic (exact) mass is 298 g/mol. The van der Waals surface area contributed by atoms with E-state index in [0.29, 0.717) is 6.42 Å². The molecule has 0 aliphatic heterocycles. The summed E-state index contributed by atoms with van der Waals surface area (Å²) in [6.07, 6.45) is 1.05. The first-order chi connectivity index (χ1) is 10.3. The lowest BCUT2D eigenvalue weighted by molar-refractivity contribution is 0.165. The van der Waals surface area contributed by atoms with Gasteiger partial charge in [-0.05, 0) is 52.1 Å². The Morgan fingerprint density at radius 1 is 1.14 bits per heavy atom. The van der Waals surface area contributed by atoms with Crippen molar-refractivity contribution in [2.75, 3.05) is 7.11 Å². The maximum atomic E-state index is 10.7. The fraction of sp³-hybridized carbons (Fsp3) is 0.222. The number of aliphatic hydroxyl groups excluding tert-OH is 1. The molecule has 1 N–H and O–H groups in total. The van der Waals surface area contributed by atoms with Gasteiger partial charge in [-0.15, -0.1) is 0 Å². The van der Waals surface area contributed by atoms with Crippen molar-refractivity contribution in [3.63, 3.8) is 0 Å². The quantitative estimate of drug-likeness (QED) is 0.747. The first-order valence-corrected chi connectivity index (χ1v) is 7.98. The number of aliphatic hydroxyl groups is 1. The van der Waals surface area contributed by atoms with Gasteiger partial charge in [-0.2, -0.15) is 11.3 Å². The van der Waals surface area contributed by atoms with E-state index in [1.807, 2.05) is 30.3 Å². The van der Waals surface area contributed by atoms with Crippen LogP contribution < -0.4 is 4.74 Å². The predicted octanol–water partition coefficient (Wildman–Crippen LogP) is 4.58. The average molecular weight is 298 g/mol. The second kappa shape index (κ2) is 6.29. The van der Waals surface area contributed by atoms with Gasteiger partial charge in [0, 0.05) is 5.56 Å². The normalized spacial score (nSPS) is 12.5. The third-order valence-electron chi connectivity index (χ3n) is 3.77. The highest BCUT2D eigenvalue weighted by Crippen LogP contribution is 2.35. The molecule has 2 aromatic carbocycles. The molecule has 3 aromatic rings. The minimum Gasteiger partial charge on any atom is -0.496 e. The zero-order valence-corrected chi connectivity index (χ0v) is 12.8. The molecule has 3 heteroatoms. The van der Waals surface area contributed by atoms with E-state index in [-0.39, 0.29) is 0 Å². The lowest BCUT2D eigenvalue weighted by Crippen LogP contribution is -2.03. The smallest absolute Gasteiger partial charge is 0.125 e. The van der Waals surface area contributed by atoms with Crippen LogP contribution in [-0.4, -0.2) is 12.2 Å². The van der Waals surface area contributed by atoms with E-state index in [9.17, 15) is 5.11 Å². The van der Waals surface area contributed by atoms with Crippen molar-refractivity contribution in [2.45, 2.75) is 18.9 Å².